The number of halogens is 2. The Morgan fingerprint density at radius 1 is 1.29 bits per heavy atom. The van der Waals surface area contributed by atoms with Crippen LogP contribution in [0.2, 0.25) is 10.0 Å². The zero-order chi connectivity index (χ0) is 15.6. The third kappa shape index (κ3) is 3.18. The molecule has 0 saturated carbocycles. The summed E-state index contributed by atoms with van der Waals surface area (Å²) < 4.78 is 1.78. The van der Waals surface area contributed by atoms with Gasteiger partial charge in [-0.15, -0.1) is 0 Å². The first-order valence-corrected chi connectivity index (χ1v) is 6.93. The summed E-state index contributed by atoms with van der Waals surface area (Å²) in [5.74, 6) is -0.171. The summed E-state index contributed by atoms with van der Waals surface area (Å²) in [4.78, 5) is 12.1. The highest BCUT2D eigenvalue weighted by molar-refractivity contribution is 6.42. The van der Waals surface area contributed by atoms with E-state index in [0.29, 0.717) is 21.3 Å². The Morgan fingerprint density at radius 3 is 2.57 bits per heavy atom. The highest BCUT2D eigenvalue weighted by Gasteiger charge is 2.08. The van der Waals surface area contributed by atoms with Crippen molar-refractivity contribution in [3.63, 3.8) is 0 Å². The Bertz CT molecular complexity index is 782. The lowest BCUT2D eigenvalue weighted by atomic mass is 10.1. The molecule has 2 rings (SSSR count). The minimum atomic E-state index is -0.171. The molecule has 0 spiro atoms. The van der Waals surface area contributed by atoms with Crippen molar-refractivity contribution in [3.8, 4) is 6.07 Å². The number of carbonyl (C=O) groups is 1. The second-order valence-electron chi connectivity index (χ2n) is 4.57. The standard InChI is InChI=1S/C16H12Cl2N2O/c1-10-11(7-13(9-19)20(10)2)4-6-16(21)12-3-5-14(17)15(18)8-12/h3-8H,1-2H3/b6-4+. The van der Waals surface area contributed by atoms with Crippen LogP contribution in [-0.2, 0) is 7.05 Å². The van der Waals surface area contributed by atoms with Crippen molar-refractivity contribution in [2.45, 2.75) is 6.92 Å². The van der Waals surface area contributed by atoms with E-state index in [9.17, 15) is 4.79 Å². The molecule has 0 bridgehead atoms. The number of rotatable bonds is 3. The molecule has 5 heteroatoms. The Labute approximate surface area is 133 Å². The maximum Gasteiger partial charge on any atom is 0.185 e. The van der Waals surface area contributed by atoms with Gasteiger partial charge >= 0.3 is 0 Å². The Balaban J connectivity index is 2.27. The molecular formula is C16H12Cl2N2O. The van der Waals surface area contributed by atoms with Crippen LogP contribution in [0.4, 0.5) is 0 Å². The van der Waals surface area contributed by atoms with Crippen molar-refractivity contribution in [1.29, 1.82) is 5.26 Å². The van der Waals surface area contributed by atoms with E-state index in [2.05, 4.69) is 6.07 Å². The van der Waals surface area contributed by atoms with Crippen LogP contribution in [0.1, 0.15) is 27.3 Å². The fourth-order valence-electron chi connectivity index (χ4n) is 1.91. The summed E-state index contributed by atoms with van der Waals surface area (Å²) in [6.45, 7) is 1.89. The fraction of sp³-hybridized carbons (Fsp3) is 0.125. The molecule has 1 aromatic heterocycles. The molecule has 1 aromatic carbocycles. The molecule has 0 unspecified atom stereocenters. The van der Waals surface area contributed by atoms with Crippen LogP contribution in [0.3, 0.4) is 0 Å². The SMILES string of the molecule is Cc1c(/C=C/C(=O)c2ccc(Cl)c(Cl)c2)cc(C#N)n1C. The average molecular weight is 319 g/mol. The van der Waals surface area contributed by atoms with Gasteiger partial charge in [-0.1, -0.05) is 23.2 Å². The Morgan fingerprint density at radius 2 is 2.00 bits per heavy atom. The monoisotopic (exact) mass is 318 g/mol. The van der Waals surface area contributed by atoms with E-state index in [1.165, 1.54) is 12.1 Å². The molecule has 0 aliphatic heterocycles. The quantitative estimate of drug-likeness (QED) is 0.621. The van der Waals surface area contributed by atoms with Gasteiger partial charge in [0.05, 0.1) is 10.0 Å². The van der Waals surface area contributed by atoms with E-state index in [4.69, 9.17) is 28.5 Å². The number of nitrogens with zero attached hydrogens (tertiary/aromatic N) is 2. The van der Waals surface area contributed by atoms with Gasteiger partial charge in [0.25, 0.3) is 0 Å². The molecule has 0 saturated heterocycles. The number of hydrogen-bond acceptors (Lipinski definition) is 2. The molecule has 0 aliphatic carbocycles. The van der Waals surface area contributed by atoms with Gasteiger partial charge in [-0.2, -0.15) is 5.26 Å². The van der Waals surface area contributed by atoms with Crippen LogP contribution >= 0.6 is 23.2 Å². The number of carbonyl (C=O) groups excluding carboxylic acids is 1. The Hall–Kier alpha value is -2.02. The molecule has 3 nitrogen and oxygen atoms in total. The molecule has 0 amide bonds. The van der Waals surface area contributed by atoms with Gasteiger partial charge in [-0.25, -0.2) is 0 Å². The van der Waals surface area contributed by atoms with Crippen LogP contribution in [0.25, 0.3) is 6.08 Å². The normalized spacial score (nSPS) is 10.8. The van der Waals surface area contributed by atoms with Crippen molar-refractivity contribution < 1.29 is 4.79 Å². The number of ketones is 1. The minimum absolute atomic E-state index is 0.171. The van der Waals surface area contributed by atoms with Gasteiger partial charge in [0.2, 0.25) is 0 Å². The van der Waals surface area contributed by atoms with Gasteiger partial charge < -0.3 is 4.57 Å². The number of allylic oxidation sites excluding steroid dienone is 1. The van der Waals surface area contributed by atoms with E-state index in [1.54, 1.807) is 28.8 Å². The summed E-state index contributed by atoms with van der Waals surface area (Å²) in [6.07, 6.45) is 3.16. The third-order valence-electron chi connectivity index (χ3n) is 3.31. The van der Waals surface area contributed by atoms with Gasteiger partial charge in [-0.3, -0.25) is 4.79 Å². The predicted molar refractivity (Wildman–Crippen MR) is 84.7 cm³/mol. The third-order valence-corrected chi connectivity index (χ3v) is 4.05. The molecule has 106 valence electrons. The summed E-state index contributed by atoms with van der Waals surface area (Å²) in [6, 6.07) is 8.60. The fourth-order valence-corrected chi connectivity index (χ4v) is 2.21. The largest absolute Gasteiger partial charge is 0.339 e. The second-order valence-corrected chi connectivity index (χ2v) is 5.38. The average Bonchev–Trinajstić information content (AvgIpc) is 2.75. The Kier molecular flexibility index (Phi) is 4.52. The number of nitriles is 1. The lowest BCUT2D eigenvalue weighted by molar-refractivity contribution is 0.104. The van der Waals surface area contributed by atoms with Gasteiger partial charge in [0.15, 0.2) is 5.78 Å². The number of aromatic nitrogens is 1. The zero-order valence-corrected chi connectivity index (χ0v) is 13.0. The molecule has 0 aliphatic rings. The molecule has 0 atom stereocenters. The molecule has 1 heterocycles. The summed E-state index contributed by atoms with van der Waals surface area (Å²) in [7, 11) is 1.81. The van der Waals surface area contributed by atoms with Gasteiger partial charge in [0, 0.05) is 18.3 Å². The van der Waals surface area contributed by atoms with E-state index in [1.807, 2.05) is 14.0 Å². The minimum Gasteiger partial charge on any atom is -0.339 e. The molecule has 2 aromatic rings. The maximum absolute atomic E-state index is 12.1. The van der Waals surface area contributed by atoms with Crippen molar-refractivity contribution in [3.05, 3.63) is 62.9 Å². The van der Waals surface area contributed by atoms with E-state index in [0.717, 1.165) is 11.3 Å². The summed E-state index contributed by atoms with van der Waals surface area (Å²) in [5.41, 5.74) is 2.77. The van der Waals surface area contributed by atoms with Gasteiger partial charge in [0.1, 0.15) is 11.8 Å². The van der Waals surface area contributed by atoms with Crippen molar-refractivity contribution in [1.82, 2.24) is 4.57 Å². The van der Waals surface area contributed by atoms with Crippen molar-refractivity contribution in [2.24, 2.45) is 7.05 Å². The van der Waals surface area contributed by atoms with E-state index >= 15 is 0 Å². The lowest BCUT2D eigenvalue weighted by Crippen LogP contribution is -1.95. The van der Waals surface area contributed by atoms with Crippen LogP contribution in [0, 0.1) is 18.3 Å². The lowest BCUT2D eigenvalue weighted by Gasteiger charge is -1.99. The van der Waals surface area contributed by atoms with E-state index < -0.39 is 0 Å². The molecular weight excluding hydrogens is 307 g/mol. The first kappa shape index (κ1) is 15.4. The van der Waals surface area contributed by atoms with Crippen LogP contribution in [-0.4, -0.2) is 10.4 Å². The summed E-state index contributed by atoms with van der Waals surface area (Å²) in [5, 5.41) is 9.74. The van der Waals surface area contributed by atoms with Crippen LogP contribution in [0.5, 0.6) is 0 Å². The molecule has 0 radical (unpaired) electrons. The smallest absolute Gasteiger partial charge is 0.185 e. The van der Waals surface area contributed by atoms with E-state index in [-0.39, 0.29) is 5.78 Å². The first-order chi connectivity index (χ1) is 9.93. The highest BCUT2D eigenvalue weighted by atomic mass is 35.5. The second kappa shape index (κ2) is 6.17. The maximum atomic E-state index is 12.1. The molecule has 21 heavy (non-hydrogen) atoms. The number of benzene rings is 1. The predicted octanol–water partition coefficient (Wildman–Crippen LogP) is 4.41. The summed E-state index contributed by atoms with van der Waals surface area (Å²) >= 11 is 11.7. The van der Waals surface area contributed by atoms with Gasteiger partial charge in [-0.05, 0) is 48.9 Å². The van der Waals surface area contributed by atoms with Crippen molar-refractivity contribution in [2.75, 3.05) is 0 Å². The molecule has 0 N–H and O–H groups in total. The molecule has 0 fully saturated rings. The topological polar surface area (TPSA) is 45.8 Å². The first-order valence-electron chi connectivity index (χ1n) is 6.18. The van der Waals surface area contributed by atoms with Crippen LogP contribution < -0.4 is 0 Å². The van der Waals surface area contributed by atoms with Crippen LogP contribution in [0.15, 0.2) is 30.3 Å². The zero-order valence-electron chi connectivity index (χ0n) is 11.5. The number of hydrogen-bond donors (Lipinski definition) is 0. The highest BCUT2D eigenvalue weighted by Crippen LogP contribution is 2.23. The van der Waals surface area contributed by atoms with Crippen molar-refractivity contribution >= 4 is 35.1 Å².